The van der Waals surface area contributed by atoms with Gasteiger partial charge in [0.15, 0.2) is 5.17 Å². The molecule has 1 N–H and O–H groups in total. The number of hydrogen-bond acceptors (Lipinski definition) is 4. The second-order valence-corrected chi connectivity index (χ2v) is 7.67. The van der Waals surface area contributed by atoms with E-state index >= 15 is 0 Å². The van der Waals surface area contributed by atoms with Gasteiger partial charge >= 0.3 is 0 Å². The largest absolute Gasteiger partial charge is 0.326 e. The third-order valence-electron chi connectivity index (χ3n) is 4.02. The summed E-state index contributed by atoms with van der Waals surface area (Å²) in [7, 11) is 1.63. The van der Waals surface area contributed by atoms with Crippen molar-refractivity contribution in [3.8, 4) is 0 Å². The van der Waals surface area contributed by atoms with Gasteiger partial charge in [-0.1, -0.05) is 29.4 Å². The van der Waals surface area contributed by atoms with Gasteiger partial charge in [-0.15, -0.1) is 0 Å². The third-order valence-corrected chi connectivity index (χ3v) is 5.66. The van der Waals surface area contributed by atoms with Crippen LogP contribution in [0.15, 0.2) is 47.5 Å². The van der Waals surface area contributed by atoms with Gasteiger partial charge in [-0.25, -0.2) is 9.38 Å². The molecular formula is C19H17ClFN3O2S. The molecule has 1 heterocycles. The van der Waals surface area contributed by atoms with Crippen molar-refractivity contribution in [3.05, 3.63) is 58.9 Å². The lowest BCUT2D eigenvalue weighted by Crippen LogP contribution is -2.30. The molecular weight excluding hydrogens is 389 g/mol. The Kier molecular flexibility index (Phi) is 5.82. The number of benzene rings is 2. The number of aryl methyl sites for hydroxylation is 1. The second-order valence-electron chi connectivity index (χ2n) is 6.09. The van der Waals surface area contributed by atoms with E-state index in [0.29, 0.717) is 21.6 Å². The summed E-state index contributed by atoms with van der Waals surface area (Å²) in [5.74, 6) is -0.889. The summed E-state index contributed by atoms with van der Waals surface area (Å²) in [6.07, 6.45) is -0.00110. The number of nitrogens with one attached hydrogen (secondary N) is 1. The molecule has 1 fully saturated rings. The van der Waals surface area contributed by atoms with E-state index in [0.717, 1.165) is 5.56 Å². The fraction of sp³-hybridized carbons (Fsp3) is 0.211. The zero-order valence-electron chi connectivity index (χ0n) is 14.7. The number of nitrogens with zero attached hydrogens (tertiary/aromatic N) is 2. The van der Waals surface area contributed by atoms with Gasteiger partial charge in [-0.05, 0) is 48.9 Å². The van der Waals surface area contributed by atoms with Crippen LogP contribution in [0, 0.1) is 12.7 Å². The van der Waals surface area contributed by atoms with Crippen LogP contribution < -0.4 is 5.32 Å². The number of amidine groups is 1. The number of carbonyl (C=O) groups is 2. The highest BCUT2D eigenvalue weighted by Crippen LogP contribution is 2.31. The van der Waals surface area contributed by atoms with E-state index < -0.39 is 5.25 Å². The molecule has 2 aromatic carbocycles. The smallest absolute Gasteiger partial charge is 0.242 e. The summed E-state index contributed by atoms with van der Waals surface area (Å²) in [6.45, 7) is 1.90. The summed E-state index contributed by atoms with van der Waals surface area (Å²) >= 11 is 7.35. The topological polar surface area (TPSA) is 61.8 Å². The van der Waals surface area contributed by atoms with Gasteiger partial charge in [-0.2, -0.15) is 0 Å². The van der Waals surface area contributed by atoms with Crippen molar-refractivity contribution >= 4 is 51.7 Å². The van der Waals surface area contributed by atoms with Gasteiger partial charge in [0.05, 0.1) is 5.69 Å². The van der Waals surface area contributed by atoms with Crippen LogP contribution in [0.5, 0.6) is 0 Å². The highest BCUT2D eigenvalue weighted by molar-refractivity contribution is 8.15. The first-order chi connectivity index (χ1) is 12.8. The molecule has 0 saturated carbocycles. The van der Waals surface area contributed by atoms with Crippen LogP contribution in [0.4, 0.5) is 15.8 Å². The molecule has 1 aliphatic rings. The molecule has 0 aliphatic carbocycles. The maximum Gasteiger partial charge on any atom is 0.242 e. The molecule has 1 aliphatic heterocycles. The lowest BCUT2D eigenvalue weighted by molar-refractivity contribution is -0.127. The van der Waals surface area contributed by atoms with Gasteiger partial charge in [-0.3, -0.25) is 14.5 Å². The summed E-state index contributed by atoms with van der Waals surface area (Å²) < 4.78 is 12.9. The first kappa shape index (κ1) is 19.4. The SMILES string of the molecule is Cc1ccc(N=C2SC(CC(=O)Nc3ccc(F)cc3)C(=O)N2C)cc1Cl. The summed E-state index contributed by atoms with van der Waals surface area (Å²) in [4.78, 5) is 30.5. The van der Waals surface area contributed by atoms with Gasteiger partial charge in [0.2, 0.25) is 11.8 Å². The van der Waals surface area contributed by atoms with E-state index in [1.54, 1.807) is 13.1 Å². The van der Waals surface area contributed by atoms with E-state index in [2.05, 4.69) is 10.3 Å². The quantitative estimate of drug-likeness (QED) is 0.821. The van der Waals surface area contributed by atoms with E-state index in [4.69, 9.17) is 11.6 Å². The average molecular weight is 406 g/mol. The van der Waals surface area contributed by atoms with E-state index in [9.17, 15) is 14.0 Å². The number of anilines is 1. The Bertz CT molecular complexity index is 918. The number of hydrogen-bond donors (Lipinski definition) is 1. The number of aliphatic imine (C=N–C) groups is 1. The Hall–Kier alpha value is -2.38. The van der Waals surface area contributed by atoms with Gasteiger partial charge < -0.3 is 5.32 Å². The maximum absolute atomic E-state index is 12.9. The number of rotatable bonds is 4. The van der Waals surface area contributed by atoms with E-state index in [1.807, 2.05) is 19.1 Å². The normalized spacial score (nSPS) is 18.2. The third kappa shape index (κ3) is 4.67. The van der Waals surface area contributed by atoms with E-state index in [-0.39, 0.29) is 24.1 Å². The van der Waals surface area contributed by atoms with Crippen molar-refractivity contribution < 1.29 is 14.0 Å². The summed E-state index contributed by atoms with van der Waals surface area (Å²) in [5, 5.41) is 3.22. The molecule has 5 nitrogen and oxygen atoms in total. The van der Waals surface area contributed by atoms with Gasteiger partial charge in [0.25, 0.3) is 0 Å². The van der Waals surface area contributed by atoms with Crippen molar-refractivity contribution in [1.29, 1.82) is 0 Å². The fourth-order valence-electron chi connectivity index (χ4n) is 2.47. The van der Waals surface area contributed by atoms with Crippen molar-refractivity contribution in [2.75, 3.05) is 12.4 Å². The molecule has 2 aromatic rings. The van der Waals surface area contributed by atoms with Crippen LogP contribution in [-0.4, -0.2) is 34.2 Å². The molecule has 1 saturated heterocycles. The molecule has 2 amide bonds. The first-order valence-corrected chi connectivity index (χ1v) is 9.44. The number of carbonyl (C=O) groups excluding carboxylic acids is 2. The Morgan fingerprint density at radius 3 is 2.67 bits per heavy atom. The Balaban J connectivity index is 1.67. The summed E-state index contributed by atoms with van der Waals surface area (Å²) in [6, 6.07) is 10.9. The van der Waals surface area contributed by atoms with Crippen LogP contribution in [-0.2, 0) is 9.59 Å². The predicted molar refractivity (Wildman–Crippen MR) is 107 cm³/mol. The van der Waals surface area contributed by atoms with Crippen LogP contribution in [0.2, 0.25) is 5.02 Å². The van der Waals surface area contributed by atoms with Crippen LogP contribution >= 0.6 is 23.4 Å². The Morgan fingerprint density at radius 2 is 2.00 bits per heavy atom. The van der Waals surface area contributed by atoms with Crippen molar-refractivity contribution in [2.45, 2.75) is 18.6 Å². The molecule has 1 unspecified atom stereocenters. The zero-order valence-corrected chi connectivity index (χ0v) is 16.3. The fourth-order valence-corrected chi connectivity index (χ4v) is 3.80. The van der Waals surface area contributed by atoms with Crippen LogP contribution in [0.3, 0.4) is 0 Å². The molecule has 27 heavy (non-hydrogen) atoms. The first-order valence-electron chi connectivity index (χ1n) is 8.18. The van der Waals surface area contributed by atoms with E-state index in [1.165, 1.54) is 40.9 Å². The lowest BCUT2D eigenvalue weighted by atomic mass is 10.2. The highest BCUT2D eigenvalue weighted by Gasteiger charge is 2.37. The standard InChI is InChI=1S/C19H17ClFN3O2S/c1-11-3-6-14(9-15(11)20)23-19-24(2)18(26)16(27-19)10-17(25)22-13-7-4-12(21)5-8-13/h3-9,16H,10H2,1-2H3,(H,22,25). The molecule has 8 heteroatoms. The number of halogens is 2. The minimum atomic E-state index is -0.560. The second kappa shape index (κ2) is 8.10. The Morgan fingerprint density at radius 1 is 1.30 bits per heavy atom. The predicted octanol–water partition coefficient (Wildman–Crippen LogP) is 4.38. The number of amides is 2. The monoisotopic (exact) mass is 405 g/mol. The molecule has 1 atom stereocenters. The van der Waals surface area contributed by atoms with Crippen molar-refractivity contribution in [2.24, 2.45) is 4.99 Å². The molecule has 140 valence electrons. The average Bonchev–Trinajstić information content (AvgIpc) is 2.88. The van der Waals surface area contributed by atoms with Crippen molar-refractivity contribution in [3.63, 3.8) is 0 Å². The summed E-state index contributed by atoms with van der Waals surface area (Å²) in [5.41, 5.74) is 2.07. The zero-order chi connectivity index (χ0) is 19.6. The minimum absolute atomic E-state index is 0.00110. The van der Waals surface area contributed by atoms with Crippen LogP contribution in [0.1, 0.15) is 12.0 Å². The molecule has 0 aromatic heterocycles. The van der Waals surface area contributed by atoms with Gasteiger partial charge in [0, 0.05) is 24.2 Å². The molecule has 0 bridgehead atoms. The molecule has 0 radical (unpaired) electrons. The molecule has 0 spiro atoms. The number of thioether (sulfide) groups is 1. The minimum Gasteiger partial charge on any atom is -0.326 e. The Labute approximate surface area is 165 Å². The maximum atomic E-state index is 12.9. The van der Waals surface area contributed by atoms with Gasteiger partial charge in [0.1, 0.15) is 11.1 Å². The van der Waals surface area contributed by atoms with Crippen molar-refractivity contribution in [1.82, 2.24) is 4.90 Å². The molecule has 3 rings (SSSR count). The lowest BCUT2D eigenvalue weighted by Gasteiger charge is -2.09. The van der Waals surface area contributed by atoms with Crippen LogP contribution in [0.25, 0.3) is 0 Å². The highest BCUT2D eigenvalue weighted by atomic mass is 35.5.